The average molecular weight is 237 g/mol. The maximum Gasteiger partial charge on any atom is 0.161 e. The van der Waals surface area contributed by atoms with Crippen LogP contribution in [0.25, 0.3) is 0 Å². The molecule has 0 aliphatic carbocycles. The highest BCUT2D eigenvalue weighted by atomic mass is 16.5. The number of hydrogen-bond acceptors (Lipinski definition) is 3. The van der Waals surface area contributed by atoms with E-state index in [0.717, 1.165) is 11.5 Å². The molecule has 17 heavy (non-hydrogen) atoms. The lowest BCUT2D eigenvalue weighted by atomic mass is 9.85. The molecule has 0 unspecified atom stereocenters. The van der Waals surface area contributed by atoms with Gasteiger partial charge in [0.05, 0.1) is 13.2 Å². The highest BCUT2D eigenvalue weighted by molar-refractivity contribution is 5.45. The van der Waals surface area contributed by atoms with Gasteiger partial charge >= 0.3 is 0 Å². The fraction of sp³-hybridized carbons (Fsp3) is 0.571. The Morgan fingerprint density at radius 1 is 1.06 bits per heavy atom. The van der Waals surface area contributed by atoms with Crippen molar-refractivity contribution >= 4 is 0 Å². The standard InChI is InChI=1S/C14H23NO2/c1-5-16-12-8-7-11(14(3,4)10-15)9-13(12)17-6-2/h7-9H,5-6,10,15H2,1-4H3. The van der Waals surface area contributed by atoms with E-state index in [9.17, 15) is 0 Å². The molecule has 1 rings (SSSR count). The first kappa shape index (κ1) is 13.8. The summed E-state index contributed by atoms with van der Waals surface area (Å²) in [6, 6.07) is 6.04. The third kappa shape index (κ3) is 3.37. The Balaban J connectivity index is 3.08. The molecular weight excluding hydrogens is 214 g/mol. The van der Waals surface area contributed by atoms with E-state index in [4.69, 9.17) is 15.2 Å². The molecule has 1 aromatic carbocycles. The Hall–Kier alpha value is -1.22. The Morgan fingerprint density at radius 2 is 1.65 bits per heavy atom. The van der Waals surface area contributed by atoms with Crippen LogP contribution in [0.4, 0.5) is 0 Å². The van der Waals surface area contributed by atoms with E-state index in [1.54, 1.807) is 0 Å². The van der Waals surface area contributed by atoms with Gasteiger partial charge in [0, 0.05) is 12.0 Å². The highest BCUT2D eigenvalue weighted by Crippen LogP contribution is 2.33. The number of ether oxygens (including phenoxy) is 2. The van der Waals surface area contributed by atoms with Crippen LogP contribution in [0.15, 0.2) is 18.2 Å². The molecule has 0 spiro atoms. The molecule has 0 atom stereocenters. The molecule has 0 saturated heterocycles. The lowest BCUT2D eigenvalue weighted by Gasteiger charge is -2.24. The van der Waals surface area contributed by atoms with Gasteiger partial charge in [-0.2, -0.15) is 0 Å². The van der Waals surface area contributed by atoms with Gasteiger partial charge < -0.3 is 15.2 Å². The quantitative estimate of drug-likeness (QED) is 0.827. The number of nitrogens with two attached hydrogens (primary N) is 1. The van der Waals surface area contributed by atoms with Gasteiger partial charge in [-0.05, 0) is 31.5 Å². The zero-order chi connectivity index (χ0) is 12.9. The normalized spacial score (nSPS) is 11.4. The predicted octanol–water partition coefficient (Wildman–Crippen LogP) is 2.72. The van der Waals surface area contributed by atoms with Gasteiger partial charge in [0.25, 0.3) is 0 Å². The molecule has 0 amide bonds. The van der Waals surface area contributed by atoms with Crippen molar-refractivity contribution in [1.82, 2.24) is 0 Å². The molecule has 3 heteroatoms. The molecule has 0 bridgehead atoms. The summed E-state index contributed by atoms with van der Waals surface area (Å²) in [6.45, 7) is 10.1. The predicted molar refractivity (Wildman–Crippen MR) is 70.9 cm³/mol. The minimum atomic E-state index is -0.0450. The second-order valence-corrected chi connectivity index (χ2v) is 4.62. The van der Waals surface area contributed by atoms with Gasteiger partial charge in [0.1, 0.15) is 0 Å². The summed E-state index contributed by atoms with van der Waals surface area (Å²) in [5, 5.41) is 0. The molecule has 1 aromatic rings. The van der Waals surface area contributed by atoms with Crippen molar-refractivity contribution in [2.24, 2.45) is 5.73 Å². The van der Waals surface area contributed by atoms with Crippen LogP contribution < -0.4 is 15.2 Å². The SMILES string of the molecule is CCOc1ccc(C(C)(C)CN)cc1OCC. The Bertz CT molecular complexity index is 361. The molecule has 0 aliphatic heterocycles. The summed E-state index contributed by atoms with van der Waals surface area (Å²) in [5.41, 5.74) is 6.92. The van der Waals surface area contributed by atoms with Gasteiger partial charge in [-0.1, -0.05) is 19.9 Å². The van der Waals surface area contributed by atoms with E-state index in [-0.39, 0.29) is 5.41 Å². The van der Waals surface area contributed by atoms with Gasteiger partial charge in [0.15, 0.2) is 11.5 Å². The first-order chi connectivity index (χ1) is 8.05. The maximum absolute atomic E-state index is 5.79. The van der Waals surface area contributed by atoms with Crippen molar-refractivity contribution in [2.45, 2.75) is 33.1 Å². The second kappa shape index (κ2) is 5.92. The smallest absolute Gasteiger partial charge is 0.161 e. The minimum absolute atomic E-state index is 0.0450. The lowest BCUT2D eigenvalue weighted by molar-refractivity contribution is 0.287. The zero-order valence-corrected chi connectivity index (χ0v) is 11.2. The Labute approximate surface area is 104 Å². The van der Waals surface area contributed by atoms with Crippen molar-refractivity contribution in [2.75, 3.05) is 19.8 Å². The Morgan fingerprint density at radius 3 is 2.18 bits per heavy atom. The first-order valence-corrected chi connectivity index (χ1v) is 6.15. The van der Waals surface area contributed by atoms with Crippen LogP contribution in [0.1, 0.15) is 33.3 Å². The van der Waals surface area contributed by atoms with Crippen LogP contribution in [0.2, 0.25) is 0 Å². The van der Waals surface area contributed by atoms with E-state index in [1.165, 1.54) is 5.56 Å². The largest absolute Gasteiger partial charge is 0.490 e. The summed E-state index contributed by atoms with van der Waals surface area (Å²) in [5.74, 6) is 1.60. The van der Waals surface area contributed by atoms with Crippen LogP contribution in [0.3, 0.4) is 0 Å². The van der Waals surface area contributed by atoms with Crippen LogP contribution in [0, 0.1) is 0 Å². The molecule has 0 fully saturated rings. The van der Waals surface area contributed by atoms with Crippen molar-refractivity contribution in [1.29, 1.82) is 0 Å². The molecule has 0 aliphatic rings. The van der Waals surface area contributed by atoms with E-state index in [2.05, 4.69) is 19.9 Å². The summed E-state index contributed by atoms with van der Waals surface area (Å²) in [4.78, 5) is 0. The first-order valence-electron chi connectivity index (χ1n) is 6.15. The maximum atomic E-state index is 5.79. The second-order valence-electron chi connectivity index (χ2n) is 4.62. The van der Waals surface area contributed by atoms with E-state index in [0.29, 0.717) is 19.8 Å². The number of rotatable bonds is 6. The van der Waals surface area contributed by atoms with Crippen LogP contribution >= 0.6 is 0 Å². The summed E-state index contributed by atoms with van der Waals surface area (Å²) in [7, 11) is 0. The fourth-order valence-corrected chi connectivity index (χ4v) is 1.59. The van der Waals surface area contributed by atoms with E-state index >= 15 is 0 Å². The molecule has 3 nitrogen and oxygen atoms in total. The third-order valence-corrected chi connectivity index (χ3v) is 2.84. The van der Waals surface area contributed by atoms with Gasteiger partial charge in [-0.15, -0.1) is 0 Å². The molecule has 2 N–H and O–H groups in total. The highest BCUT2D eigenvalue weighted by Gasteiger charge is 2.20. The zero-order valence-electron chi connectivity index (χ0n) is 11.2. The monoisotopic (exact) mass is 237 g/mol. The molecular formula is C14H23NO2. The van der Waals surface area contributed by atoms with Crippen molar-refractivity contribution in [3.63, 3.8) is 0 Å². The van der Waals surface area contributed by atoms with E-state index < -0.39 is 0 Å². The summed E-state index contributed by atoms with van der Waals surface area (Å²) >= 11 is 0. The Kier molecular flexibility index (Phi) is 4.82. The topological polar surface area (TPSA) is 44.5 Å². The number of benzene rings is 1. The third-order valence-electron chi connectivity index (χ3n) is 2.84. The fourth-order valence-electron chi connectivity index (χ4n) is 1.59. The van der Waals surface area contributed by atoms with Gasteiger partial charge in [0.2, 0.25) is 0 Å². The minimum Gasteiger partial charge on any atom is -0.490 e. The molecule has 96 valence electrons. The molecule has 0 heterocycles. The lowest BCUT2D eigenvalue weighted by Crippen LogP contribution is -2.28. The van der Waals surface area contributed by atoms with Gasteiger partial charge in [-0.25, -0.2) is 0 Å². The van der Waals surface area contributed by atoms with Crippen LogP contribution in [-0.2, 0) is 5.41 Å². The van der Waals surface area contributed by atoms with Crippen LogP contribution in [-0.4, -0.2) is 19.8 Å². The van der Waals surface area contributed by atoms with E-state index in [1.807, 2.05) is 26.0 Å². The van der Waals surface area contributed by atoms with Gasteiger partial charge in [-0.3, -0.25) is 0 Å². The summed E-state index contributed by atoms with van der Waals surface area (Å²) < 4.78 is 11.1. The molecule has 0 aromatic heterocycles. The number of hydrogen-bond donors (Lipinski definition) is 1. The summed E-state index contributed by atoms with van der Waals surface area (Å²) in [6.07, 6.45) is 0. The van der Waals surface area contributed by atoms with Crippen molar-refractivity contribution < 1.29 is 9.47 Å². The van der Waals surface area contributed by atoms with Crippen LogP contribution in [0.5, 0.6) is 11.5 Å². The average Bonchev–Trinajstić information content (AvgIpc) is 2.32. The molecule has 0 radical (unpaired) electrons. The van der Waals surface area contributed by atoms with Crippen molar-refractivity contribution in [3.8, 4) is 11.5 Å². The van der Waals surface area contributed by atoms with Crippen molar-refractivity contribution in [3.05, 3.63) is 23.8 Å². The molecule has 0 saturated carbocycles.